The molecule has 1 saturated heterocycles. The summed E-state index contributed by atoms with van der Waals surface area (Å²) in [5.74, 6) is -0.340. The third-order valence-corrected chi connectivity index (χ3v) is 2.66. The third kappa shape index (κ3) is 2.15. The fourth-order valence-corrected chi connectivity index (χ4v) is 1.87. The lowest BCUT2D eigenvalue weighted by Gasteiger charge is -2.33. The van der Waals surface area contributed by atoms with Crippen LogP contribution in [0.25, 0.3) is 0 Å². The standard InChI is InChI=1S/C12H13FN2O/c1-9-8-15(4-5-16-9)12-3-2-10(7-14)6-11(12)13/h2-3,6,9H,4-5,8H2,1H3. The van der Waals surface area contributed by atoms with Gasteiger partial charge >= 0.3 is 0 Å². The van der Waals surface area contributed by atoms with Gasteiger partial charge in [-0.05, 0) is 25.1 Å². The van der Waals surface area contributed by atoms with Gasteiger partial charge in [-0.2, -0.15) is 5.26 Å². The van der Waals surface area contributed by atoms with E-state index in [1.54, 1.807) is 12.1 Å². The highest BCUT2D eigenvalue weighted by atomic mass is 19.1. The van der Waals surface area contributed by atoms with Gasteiger partial charge in [0, 0.05) is 13.1 Å². The quantitative estimate of drug-likeness (QED) is 0.725. The molecule has 16 heavy (non-hydrogen) atoms. The van der Waals surface area contributed by atoms with Crippen LogP contribution in [0, 0.1) is 17.1 Å². The molecule has 1 aliphatic rings. The minimum Gasteiger partial charge on any atom is -0.375 e. The van der Waals surface area contributed by atoms with Gasteiger partial charge < -0.3 is 9.64 Å². The zero-order chi connectivity index (χ0) is 11.5. The molecule has 0 saturated carbocycles. The number of hydrogen-bond donors (Lipinski definition) is 0. The van der Waals surface area contributed by atoms with Crippen molar-refractivity contribution >= 4 is 5.69 Å². The lowest BCUT2D eigenvalue weighted by atomic mass is 10.2. The van der Waals surface area contributed by atoms with Gasteiger partial charge in [0.25, 0.3) is 0 Å². The summed E-state index contributed by atoms with van der Waals surface area (Å²) in [6.07, 6.45) is 0.115. The van der Waals surface area contributed by atoms with Crippen LogP contribution in [0.2, 0.25) is 0 Å². The van der Waals surface area contributed by atoms with Crippen LogP contribution >= 0.6 is 0 Å². The molecule has 3 nitrogen and oxygen atoms in total. The Bertz CT molecular complexity index is 428. The number of halogens is 1. The van der Waals surface area contributed by atoms with Gasteiger partial charge in [-0.25, -0.2) is 4.39 Å². The number of morpholine rings is 1. The first-order valence-corrected chi connectivity index (χ1v) is 5.27. The molecular formula is C12H13FN2O. The maximum Gasteiger partial charge on any atom is 0.147 e. The van der Waals surface area contributed by atoms with E-state index < -0.39 is 0 Å². The molecule has 0 radical (unpaired) electrons. The first-order chi connectivity index (χ1) is 7.70. The van der Waals surface area contributed by atoms with Gasteiger partial charge in [0.05, 0.1) is 30.0 Å². The summed E-state index contributed by atoms with van der Waals surface area (Å²) in [6.45, 7) is 3.95. The Kier molecular flexibility index (Phi) is 3.07. The van der Waals surface area contributed by atoms with Crippen molar-refractivity contribution < 1.29 is 9.13 Å². The lowest BCUT2D eigenvalue weighted by molar-refractivity contribution is 0.0530. The summed E-state index contributed by atoms with van der Waals surface area (Å²) in [7, 11) is 0. The number of benzene rings is 1. The minimum atomic E-state index is -0.340. The molecular weight excluding hydrogens is 207 g/mol. The molecule has 0 amide bonds. The smallest absolute Gasteiger partial charge is 0.147 e. The molecule has 2 rings (SSSR count). The van der Waals surface area contributed by atoms with Gasteiger partial charge in [-0.3, -0.25) is 0 Å². The van der Waals surface area contributed by atoms with E-state index in [1.165, 1.54) is 6.07 Å². The number of anilines is 1. The Morgan fingerprint density at radius 2 is 2.38 bits per heavy atom. The SMILES string of the molecule is CC1CN(c2ccc(C#N)cc2F)CCO1. The van der Waals surface area contributed by atoms with Crippen LogP contribution in [0.15, 0.2) is 18.2 Å². The Hall–Kier alpha value is -1.60. The van der Waals surface area contributed by atoms with Gasteiger partial charge in [0.1, 0.15) is 5.82 Å². The predicted molar refractivity (Wildman–Crippen MR) is 58.7 cm³/mol. The molecule has 1 aromatic carbocycles. The van der Waals surface area contributed by atoms with Crippen molar-refractivity contribution in [1.29, 1.82) is 5.26 Å². The summed E-state index contributed by atoms with van der Waals surface area (Å²) in [5, 5.41) is 8.66. The summed E-state index contributed by atoms with van der Waals surface area (Å²) < 4.78 is 19.1. The Morgan fingerprint density at radius 1 is 1.56 bits per heavy atom. The average Bonchev–Trinajstić information content (AvgIpc) is 2.28. The summed E-state index contributed by atoms with van der Waals surface area (Å²) in [4.78, 5) is 1.95. The molecule has 1 aromatic rings. The van der Waals surface area contributed by atoms with Gasteiger partial charge in [0.2, 0.25) is 0 Å². The highest BCUT2D eigenvalue weighted by Crippen LogP contribution is 2.22. The van der Waals surface area contributed by atoms with Crippen molar-refractivity contribution in [3.8, 4) is 6.07 Å². The number of nitrogens with zero attached hydrogens (tertiary/aromatic N) is 2. The fraction of sp³-hybridized carbons (Fsp3) is 0.417. The highest BCUT2D eigenvalue weighted by molar-refractivity contribution is 5.51. The van der Waals surface area contributed by atoms with Crippen LogP contribution in [0.3, 0.4) is 0 Å². The largest absolute Gasteiger partial charge is 0.375 e. The molecule has 4 heteroatoms. The van der Waals surface area contributed by atoms with Crippen LogP contribution < -0.4 is 4.90 Å². The first-order valence-electron chi connectivity index (χ1n) is 5.27. The van der Waals surface area contributed by atoms with Crippen molar-refractivity contribution in [1.82, 2.24) is 0 Å². The third-order valence-electron chi connectivity index (χ3n) is 2.66. The van der Waals surface area contributed by atoms with Crippen molar-refractivity contribution in [3.05, 3.63) is 29.6 Å². The van der Waals surface area contributed by atoms with Gasteiger partial charge in [-0.15, -0.1) is 0 Å². The Labute approximate surface area is 94.0 Å². The summed E-state index contributed by atoms with van der Waals surface area (Å²) in [5.41, 5.74) is 0.900. The Balaban J connectivity index is 2.23. The minimum absolute atomic E-state index is 0.115. The summed E-state index contributed by atoms with van der Waals surface area (Å²) in [6, 6.07) is 6.49. The van der Waals surface area contributed by atoms with Gasteiger partial charge in [-0.1, -0.05) is 0 Å². The maximum atomic E-state index is 13.7. The second-order valence-corrected chi connectivity index (χ2v) is 3.91. The zero-order valence-corrected chi connectivity index (χ0v) is 9.11. The van der Waals surface area contributed by atoms with Crippen molar-refractivity contribution in [2.24, 2.45) is 0 Å². The summed E-state index contributed by atoms with van der Waals surface area (Å²) >= 11 is 0. The first kappa shape index (κ1) is 10.9. The molecule has 1 fully saturated rings. The van der Waals surface area contributed by atoms with E-state index >= 15 is 0 Å². The molecule has 1 aliphatic heterocycles. The predicted octanol–water partition coefficient (Wildman–Crippen LogP) is 1.92. The van der Waals surface area contributed by atoms with Crippen LogP contribution in [0.4, 0.5) is 10.1 Å². The molecule has 0 aliphatic carbocycles. The molecule has 0 bridgehead atoms. The molecule has 1 heterocycles. The van der Waals surface area contributed by atoms with Crippen LogP contribution in [-0.4, -0.2) is 25.8 Å². The highest BCUT2D eigenvalue weighted by Gasteiger charge is 2.19. The maximum absolute atomic E-state index is 13.7. The second kappa shape index (κ2) is 4.50. The zero-order valence-electron chi connectivity index (χ0n) is 9.11. The lowest BCUT2D eigenvalue weighted by Crippen LogP contribution is -2.41. The molecule has 0 aromatic heterocycles. The second-order valence-electron chi connectivity index (χ2n) is 3.91. The van der Waals surface area contributed by atoms with Gasteiger partial charge in [0.15, 0.2) is 0 Å². The molecule has 1 unspecified atom stereocenters. The topological polar surface area (TPSA) is 36.3 Å². The molecule has 0 N–H and O–H groups in total. The van der Waals surface area contributed by atoms with Crippen molar-refractivity contribution in [2.75, 3.05) is 24.6 Å². The van der Waals surface area contributed by atoms with Crippen molar-refractivity contribution in [3.63, 3.8) is 0 Å². The number of hydrogen-bond acceptors (Lipinski definition) is 3. The number of nitriles is 1. The van der Waals surface area contributed by atoms with E-state index in [0.29, 0.717) is 30.9 Å². The number of rotatable bonds is 1. The van der Waals surface area contributed by atoms with Crippen LogP contribution in [0.5, 0.6) is 0 Å². The fourth-order valence-electron chi connectivity index (χ4n) is 1.87. The molecule has 0 spiro atoms. The van der Waals surface area contributed by atoms with E-state index in [1.807, 2.05) is 17.9 Å². The van der Waals surface area contributed by atoms with E-state index in [9.17, 15) is 4.39 Å². The van der Waals surface area contributed by atoms with E-state index in [0.717, 1.165) is 0 Å². The van der Waals surface area contributed by atoms with E-state index in [4.69, 9.17) is 10.00 Å². The monoisotopic (exact) mass is 220 g/mol. The van der Waals surface area contributed by atoms with E-state index in [2.05, 4.69) is 0 Å². The number of ether oxygens (including phenoxy) is 1. The molecule has 84 valence electrons. The molecule has 1 atom stereocenters. The van der Waals surface area contributed by atoms with Crippen LogP contribution in [-0.2, 0) is 4.74 Å². The van der Waals surface area contributed by atoms with E-state index in [-0.39, 0.29) is 11.9 Å². The average molecular weight is 220 g/mol. The normalized spacial score (nSPS) is 20.6. The Morgan fingerprint density at radius 3 is 3.00 bits per heavy atom. The van der Waals surface area contributed by atoms with Crippen molar-refractivity contribution in [2.45, 2.75) is 13.0 Å². The van der Waals surface area contributed by atoms with Crippen LogP contribution in [0.1, 0.15) is 12.5 Å².